The summed E-state index contributed by atoms with van der Waals surface area (Å²) in [6, 6.07) is 0. The number of unbranched alkanes of at least 4 members (excludes halogenated alkanes) is 2. The summed E-state index contributed by atoms with van der Waals surface area (Å²) in [6.45, 7) is 6.47. The molecule has 0 aliphatic carbocycles. The van der Waals surface area contributed by atoms with Crippen LogP contribution < -0.4 is 10.6 Å². The number of aromatic nitrogens is 2. The zero-order valence-electron chi connectivity index (χ0n) is 10.2. The average Bonchev–Trinajstić information content (AvgIpc) is 2.89. The Labute approximate surface area is 107 Å². The van der Waals surface area contributed by atoms with Crippen molar-refractivity contribution in [3.05, 3.63) is 5.51 Å². The summed E-state index contributed by atoms with van der Waals surface area (Å²) in [5.41, 5.74) is 7.29. The van der Waals surface area contributed by atoms with Gasteiger partial charge in [-0.2, -0.15) is 0 Å². The molecule has 5 nitrogen and oxygen atoms in total. The topological polar surface area (TPSA) is 58.3 Å². The standard InChI is InChI=1S/C11H21N5S/c12-4-2-1-3-5-15-6-8-16(9-7-15)11-14-13-10-17-11/h10H,1-9,12H2. The normalized spacial score (nSPS) is 17.6. The van der Waals surface area contributed by atoms with Crippen LogP contribution in [-0.2, 0) is 0 Å². The molecule has 1 fully saturated rings. The molecule has 1 saturated heterocycles. The van der Waals surface area contributed by atoms with Crippen LogP contribution in [0, 0.1) is 0 Å². The van der Waals surface area contributed by atoms with Gasteiger partial charge in [0.25, 0.3) is 0 Å². The molecular formula is C11H21N5S. The minimum atomic E-state index is 0.824. The summed E-state index contributed by atoms with van der Waals surface area (Å²) in [7, 11) is 0. The van der Waals surface area contributed by atoms with Crippen molar-refractivity contribution in [2.75, 3.05) is 44.2 Å². The fraction of sp³-hybridized carbons (Fsp3) is 0.818. The third-order valence-electron chi connectivity index (χ3n) is 3.17. The lowest BCUT2D eigenvalue weighted by Crippen LogP contribution is -2.46. The van der Waals surface area contributed by atoms with Gasteiger partial charge >= 0.3 is 0 Å². The Bertz CT molecular complexity index is 295. The van der Waals surface area contributed by atoms with E-state index in [1.54, 1.807) is 16.8 Å². The Morgan fingerprint density at radius 1 is 1.18 bits per heavy atom. The molecule has 17 heavy (non-hydrogen) atoms. The number of hydrogen-bond donors (Lipinski definition) is 1. The Kier molecular flexibility index (Phi) is 5.15. The Hall–Kier alpha value is -0.720. The Morgan fingerprint density at radius 3 is 2.65 bits per heavy atom. The second-order valence-electron chi connectivity index (χ2n) is 4.40. The van der Waals surface area contributed by atoms with Gasteiger partial charge in [0.2, 0.25) is 5.13 Å². The van der Waals surface area contributed by atoms with E-state index in [9.17, 15) is 0 Å². The molecule has 0 radical (unpaired) electrons. The van der Waals surface area contributed by atoms with E-state index in [-0.39, 0.29) is 0 Å². The maximum absolute atomic E-state index is 5.49. The van der Waals surface area contributed by atoms with Gasteiger partial charge in [-0.15, -0.1) is 10.2 Å². The molecular weight excluding hydrogens is 234 g/mol. The summed E-state index contributed by atoms with van der Waals surface area (Å²) < 4.78 is 0. The van der Waals surface area contributed by atoms with Gasteiger partial charge in [-0.25, -0.2) is 0 Å². The van der Waals surface area contributed by atoms with Gasteiger partial charge in [-0.05, 0) is 25.9 Å². The zero-order valence-corrected chi connectivity index (χ0v) is 11.0. The second kappa shape index (κ2) is 6.88. The molecule has 0 saturated carbocycles. The van der Waals surface area contributed by atoms with Crippen molar-refractivity contribution in [3.8, 4) is 0 Å². The number of hydrogen-bond acceptors (Lipinski definition) is 6. The van der Waals surface area contributed by atoms with E-state index in [0.29, 0.717) is 0 Å². The first-order chi connectivity index (χ1) is 8.40. The first-order valence-corrected chi connectivity index (χ1v) is 7.21. The van der Waals surface area contributed by atoms with Gasteiger partial charge in [-0.3, -0.25) is 4.90 Å². The highest BCUT2D eigenvalue weighted by molar-refractivity contribution is 7.13. The van der Waals surface area contributed by atoms with E-state index in [2.05, 4.69) is 20.0 Å². The molecule has 0 bridgehead atoms. The molecule has 0 unspecified atom stereocenters. The molecule has 1 aliphatic rings. The maximum Gasteiger partial charge on any atom is 0.208 e. The summed E-state index contributed by atoms with van der Waals surface area (Å²) in [5, 5.41) is 9.06. The highest BCUT2D eigenvalue weighted by Gasteiger charge is 2.18. The molecule has 0 spiro atoms. The van der Waals surface area contributed by atoms with E-state index < -0.39 is 0 Å². The monoisotopic (exact) mass is 255 g/mol. The minimum Gasteiger partial charge on any atom is -0.344 e. The van der Waals surface area contributed by atoms with Crippen molar-refractivity contribution in [2.24, 2.45) is 5.73 Å². The lowest BCUT2D eigenvalue weighted by Gasteiger charge is -2.34. The van der Waals surface area contributed by atoms with Gasteiger partial charge < -0.3 is 10.6 Å². The number of piperazine rings is 1. The van der Waals surface area contributed by atoms with Crippen LogP contribution in [0.15, 0.2) is 5.51 Å². The molecule has 1 aliphatic heterocycles. The largest absolute Gasteiger partial charge is 0.344 e. The van der Waals surface area contributed by atoms with Crippen LogP contribution in [0.5, 0.6) is 0 Å². The van der Waals surface area contributed by atoms with Crippen molar-refractivity contribution in [1.29, 1.82) is 0 Å². The predicted octanol–water partition coefficient (Wildman–Crippen LogP) is 0.789. The first-order valence-electron chi connectivity index (χ1n) is 6.33. The van der Waals surface area contributed by atoms with E-state index in [1.807, 2.05) is 0 Å². The number of anilines is 1. The van der Waals surface area contributed by atoms with Crippen LogP contribution in [0.4, 0.5) is 5.13 Å². The van der Waals surface area contributed by atoms with Gasteiger partial charge in [0, 0.05) is 26.2 Å². The highest BCUT2D eigenvalue weighted by Crippen LogP contribution is 2.17. The van der Waals surface area contributed by atoms with E-state index in [1.165, 1.54) is 19.4 Å². The summed E-state index contributed by atoms with van der Waals surface area (Å²) in [6.07, 6.45) is 3.69. The fourth-order valence-corrected chi connectivity index (χ4v) is 2.74. The first kappa shape index (κ1) is 12.7. The second-order valence-corrected chi connectivity index (χ2v) is 5.21. The number of rotatable bonds is 6. The maximum atomic E-state index is 5.49. The quantitative estimate of drug-likeness (QED) is 0.762. The van der Waals surface area contributed by atoms with Crippen LogP contribution in [-0.4, -0.2) is 54.4 Å². The van der Waals surface area contributed by atoms with E-state index >= 15 is 0 Å². The number of nitrogens with two attached hydrogens (primary N) is 1. The minimum absolute atomic E-state index is 0.824. The highest BCUT2D eigenvalue weighted by atomic mass is 32.1. The Morgan fingerprint density at radius 2 is 2.00 bits per heavy atom. The molecule has 2 heterocycles. The van der Waals surface area contributed by atoms with Gasteiger partial charge in [-0.1, -0.05) is 17.8 Å². The molecule has 6 heteroatoms. The SMILES string of the molecule is NCCCCCN1CCN(c2nncs2)CC1. The van der Waals surface area contributed by atoms with Crippen LogP contribution in [0.2, 0.25) is 0 Å². The molecule has 0 atom stereocenters. The lowest BCUT2D eigenvalue weighted by atomic mass is 10.2. The third-order valence-corrected chi connectivity index (χ3v) is 3.92. The summed E-state index contributed by atoms with van der Waals surface area (Å²) in [5.74, 6) is 0. The number of nitrogens with zero attached hydrogens (tertiary/aromatic N) is 4. The van der Waals surface area contributed by atoms with Crippen LogP contribution in [0.1, 0.15) is 19.3 Å². The fourth-order valence-electron chi connectivity index (χ4n) is 2.12. The lowest BCUT2D eigenvalue weighted by molar-refractivity contribution is 0.252. The molecule has 1 aromatic rings. The summed E-state index contributed by atoms with van der Waals surface area (Å²) in [4.78, 5) is 4.86. The third kappa shape index (κ3) is 3.90. The van der Waals surface area contributed by atoms with E-state index in [4.69, 9.17) is 5.73 Å². The van der Waals surface area contributed by atoms with E-state index in [0.717, 1.165) is 44.3 Å². The molecule has 0 aromatic carbocycles. The Balaban J connectivity index is 1.64. The van der Waals surface area contributed by atoms with Crippen molar-refractivity contribution in [3.63, 3.8) is 0 Å². The molecule has 2 N–H and O–H groups in total. The van der Waals surface area contributed by atoms with Gasteiger partial charge in [0.1, 0.15) is 5.51 Å². The molecule has 1 aromatic heterocycles. The van der Waals surface area contributed by atoms with Gasteiger partial charge in [0.05, 0.1) is 0 Å². The molecule has 0 amide bonds. The zero-order chi connectivity index (χ0) is 11.9. The van der Waals surface area contributed by atoms with Gasteiger partial charge in [0.15, 0.2) is 0 Å². The molecule has 2 rings (SSSR count). The van der Waals surface area contributed by atoms with Crippen molar-refractivity contribution < 1.29 is 0 Å². The predicted molar refractivity (Wildman–Crippen MR) is 71.5 cm³/mol. The van der Waals surface area contributed by atoms with Crippen LogP contribution >= 0.6 is 11.3 Å². The smallest absolute Gasteiger partial charge is 0.208 e. The van der Waals surface area contributed by atoms with Crippen LogP contribution in [0.3, 0.4) is 0 Å². The molecule has 96 valence electrons. The average molecular weight is 255 g/mol. The van der Waals surface area contributed by atoms with Crippen molar-refractivity contribution >= 4 is 16.5 Å². The van der Waals surface area contributed by atoms with Crippen LogP contribution in [0.25, 0.3) is 0 Å². The summed E-state index contributed by atoms with van der Waals surface area (Å²) >= 11 is 1.63. The van der Waals surface area contributed by atoms with Crippen molar-refractivity contribution in [1.82, 2.24) is 15.1 Å². The van der Waals surface area contributed by atoms with Crippen molar-refractivity contribution in [2.45, 2.75) is 19.3 Å².